The van der Waals surface area contributed by atoms with Gasteiger partial charge >= 0.3 is 0 Å². The zero-order valence-electron chi connectivity index (χ0n) is 11.3. The molecule has 104 valence electrons. The summed E-state index contributed by atoms with van der Waals surface area (Å²) in [7, 11) is 0. The summed E-state index contributed by atoms with van der Waals surface area (Å²) in [5.41, 5.74) is 1.10. The number of amides is 1. The molecule has 4 nitrogen and oxygen atoms in total. The topological polar surface area (TPSA) is 62.2 Å². The molecule has 0 unspecified atom stereocenters. The molecule has 1 aromatic rings. The van der Waals surface area contributed by atoms with Crippen LogP contribution in [0.4, 0.5) is 0 Å². The summed E-state index contributed by atoms with van der Waals surface area (Å²) in [6.45, 7) is 0.729. The Hall–Kier alpha value is -1.42. The van der Waals surface area contributed by atoms with Gasteiger partial charge in [0.1, 0.15) is 0 Å². The number of hydrogen-bond acceptors (Lipinski definition) is 3. The lowest BCUT2D eigenvalue weighted by Gasteiger charge is -2.28. The van der Waals surface area contributed by atoms with Crippen molar-refractivity contribution in [3.05, 3.63) is 30.1 Å². The van der Waals surface area contributed by atoms with Gasteiger partial charge in [0, 0.05) is 36.9 Å². The summed E-state index contributed by atoms with van der Waals surface area (Å²) in [5.74, 6) is 0.0243. The van der Waals surface area contributed by atoms with Crippen LogP contribution >= 0.6 is 0 Å². The molecular formula is C15H22N2O2. The molecule has 0 aromatic carbocycles. The molecular weight excluding hydrogens is 240 g/mol. The van der Waals surface area contributed by atoms with E-state index in [1.165, 1.54) is 12.8 Å². The van der Waals surface area contributed by atoms with Gasteiger partial charge in [0.15, 0.2) is 0 Å². The molecule has 2 rings (SSSR count). The molecule has 0 spiro atoms. The average molecular weight is 262 g/mol. The van der Waals surface area contributed by atoms with Crippen molar-refractivity contribution in [3.8, 4) is 0 Å². The SMILES string of the molecule is O=C(CCCO)NCC1(c2ccccn2)CCCC1. The Morgan fingerprint density at radius 1 is 1.37 bits per heavy atom. The number of hydrogen-bond donors (Lipinski definition) is 2. The number of aromatic nitrogens is 1. The molecule has 2 N–H and O–H groups in total. The third-order valence-electron chi connectivity index (χ3n) is 3.95. The van der Waals surface area contributed by atoms with Gasteiger partial charge < -0.3 is 10.4 Å². The van der Waals surface area contributed by atoms with Gasteiger partial charge in [-0.2, -0.15) is 0 Å². The second-order valence-corrected chi connectivity index (χ2v) is 5.31. The van der Waals surface area contributed by atoms with Gasteiger partial charge in [-0.15, -0.1) is 0 Å². The van der Waals surface area contributed by atoms with Crippen molar-refractivity contribution in [2.75, 3.05) is 13.2 Å². The van der Waals surface area contributed by atoms with Gasteiger partial charge in [-0.3, -0.25) is 9.78 Å². The average Bonchev–Trinajstić information content (AvgIpc) is 2.94. The van der Waals surface area contributed by atoms with Crippen LogP contribution in [-0.2, 0) is 10.2 Å². The minimum absolute atomic E-state index is 0.0101. The van der Waals surface area contributed by atoms with Crippen molar-refractivity contribution in [1.29, 1.82) is 0 Å². The molecule has 0 atom stereocenters. The zero-order chi connectivity index (χ0) is 13.6. The third-order valence-corrected chi connectivity index (χ3v) is 3.95. The van der Waals surface area contributed by atoms with Crippen LogP contribution in [0.1, 0.15) is 44.2 Å². The van der Waals surface area contributed by atoms with Crippen LogP contribution in [0.25, 0.3) is 0 Å². The number of nitrogens with one attached hydrogen (secondary N) is 1. The van der Waals surface area contributed by atoms with Gasteiger partial charge in [0.2, 0.25) is 5.91 Å². The van der Waals surface area contributed by atoms with Gasteiger partial charge in [-0.1, -0.05) is 18.9 Å². The normalized spacial score (nSPS) is 17.3. The van der Waals surface area contributed by atoms with E-state index in [1.807, 2.05) is 18.3 Å². The molecule has 1 saturated carbocycles. The highest BCUT2D eigenvalue weighted by Crippen LogP contribution is 2.39. The van der Waals surface area contributed by atoms with E-state index in [2.05, 4.69) is 16.4 Å². The fourth-order valence-corrected chi connectivity index (χ4v) is 2.85. The zero-order valence-corrected chi connectivity index (χ0v) is 11.3. The van der Waals surface area contributed by atoms with Crippen LogP contribution in [0.5, 0.6) is 0 Å². The maximum Gasteiger partial charge on any atom is 0.220 e. The number of aliphatic hydroxyl groups excluding tert-OH is 1. The van der Waals surface area contributed by atoms with Crippen molar-refractivity contribution in [2.45, 2.75) is 43.9 Å². The monoisotopic (exact) mass is 262 g/mol. The number of aliphatic hydroxyl groups is 1. The minimum Gasteiger partial charge on any atom is -0.396 e. The van der Waals surface area contributed by atoms with Crippen molar-refractivity contribution in [2.24, 2.45) is 0 Å². The summed E-state index contributed by atoms with van der Waals surface area (Å²) in [6, 6.07) is 5.99. The van der Waals surface area contributed by atoms with Gasteiger partial charge in [0.05, 0.1) is 0 Å². The second-order valence-electron chi connectivity index (χ2n) is 5.31. The summed E-state index contributed by atoms with van der Waals surface area (Å²) >= 11 is 0. The minimum atomic E-state index is 0.0101. The van der Waals surface area contributed by atoms with Crippen molar-refractivity contribution in [3.63, 3.8) is 0 Å². The lowest BCUT2D eigenvalue weighted by molar-refractivity contribution is -0.121. The van der Waals surface area contributed by atoms with E-state index in [4.69, 9.17) is 5.11 Å². The molecule has 0 saturated heterocycles. The second kappa shape index (κ2) is 6.66. The lowest BCUT2D eigenvalue weighted by atomic mass is 9.82. The number of pyridine rings is 1. The molecule has 0 bridgehead atoms. The van der Waals surface area contributed by atoms with E-state index in [0.29, 0.717) is 19.4 Å². The highest BCUT2D eigenvalue weighted by atomic mass is 16.3. The van der Waals surface area contributed by atoms with Crippen LogP contribution in [0.15, 0.2) is 24.4 Å². The van der Waals surface area contributed by atoms with Gasteiger partial charge in [0.25, 0.3) is 0 Å². The number of carbonyl (C=O) groups excluding carboxylic acids is 1. The molecule has 1 heterocycles. The predicted octanol–water partition coefficient (Wildman–Crippen LogP) is 1.78. The Morgan fingerprint density at radius 3 is 2.79 bits per heavy atom. The number of nitrogens with zero attached hydrogens (tertiary/aromatic N) is 1. The van der Waals surface area contributed by atoms with Crippen LogP contribution in [-0.4, -0.2) is 29.1 Å². The number of rotatable bonds is 6. The molecule has 0 aliphatic heterocycles. The van der Waals surface area contributed by atoms with E-state index in [0.717, 1.165) is 18.5 Å². The first-order chi connectivity index (χ1) is 9.27. The maximum atomic E-state index is 11.7. The smallest absolute Gasteiger partial charge is 0.220 e. The molecule has 19 heavy (non-hydrogen) atoms. The Balaban J connectivity index is 1.99. The van der Waals surface area contributed by atoms with Crippen molar-refractivity contribution >= 4 is 5.91 Å². The molecule has 1 aliphatic rings. The van der Waals surface area contributed by atoms with Crippen molar-refractivity contribution in [1.82, 2.24) is 10.3 Å². The van der Waals surface area contributed by atoms with E-state index in [1.54, 1.807) is 0 Å². The Kier molecular flexibility index (Phi) is 4.91. The van der Waals surface area contributed by atoms with Crippen LogP contribution in [0.3, 0.4) is 0 Å². The lowest BCUT2D eigenvalue weighted by Crippen LogP contribution is -2.39. The van der Waals surface area contributed by atoms with E-state index in [-0.39, 0.29) is 17.9 Å². The maximum absolute atomic E-state index is 11.7. The molecule has 1 aromatic heterocycles. The van der Waals surface area contributed by atoms with E-state index < -0.39 is 0 Å². The fraction of sp³-hybridized carbons (Fsp3) is 0.600. The van der Waals surface area contributed by atoms with Crippen LogP contribution in [0.2, 0.25) is 0 Å². The first kappa shape index (κ1) is 14.0. The first-order valence-electron chi connectivity index (χ1n) is 7.06. The summed E-state index contributed by atoms with van der Waals surface area (Å²) < 4.78 is 0. The summed E-state index contributed by atoms with van der Waals surface area (Å²) in [6.07, 6.45) is 7.32. The summed E-state index contributed by atoms with van der Waals surface area (Å²) in [5, 5.41) is 11.7. The van der Waals surface area contributed by atoms with E-state index in [9.17, 15) is 4.79 Å². The molecule has 1 aliphatic carbocycles. The summed E-state index contributed by atoms with van der Waals surface area (Å²) in [4.78, 5) is 16.2. The van der Waals surface area contributed by atoms with Crippen molar-refractivity contribution < 1.29 is 9.90 Å². The molecule has 0 radical (unpaired) electrons. The van der Waals surface area contributed by atoms with E-state index >= 15 is 0 Å². The highest BCUT2D eigenvalue weighted by molar-refractivity contribution is 5.75. The molecule has 4 heteroatoms. The standard InChI is InChI=1S/C15H22N2O2/c18-11-5-7-14(19)17-12-15(8-2-3-9-15)13-6-1-4-10-16-13/h1,4,6,10,18H,2-3,5,7-9,11-12H2,(H,17,19). The molecule has 1 fully saturated rings. The quantitative estimate of drug-likeness (QED) is 0.821. The van der Waals surface area contributed by atoms with Crippen LogP contribution < -0.4 is 5.32 Å². The Bertz CT molecular complexity index is 400. The fourth-order valence-electron chi connectivity index (χ4n) is 2.85. The Morgan fingerprint density at radius 2 is 2.16 bits per heavy atom. The van der Waals surface area contributed by atoms with Gasteiger partial charge in [-0.05, 0) is 31.4 Å². The Labute approximate surface area is 114 Å². The molecule has 1 amide bonds. The number of carbonyl (C=O) groups is 1. The van der Waals surface area contributed by atoms with Gasteiger partial charge in [-0.25, -0.2) is 0 Å². The third kappa shape index (κ3) is 3.53. The van der Waals surface area contributed by atoms with Crippen LogP contribution in [0, 0.1) is 0 Å². The first-order valence-corrected chi connectivity index (χ1v) is 7.06. The largest absolute Gasteiger partial charge is 0.396 e. The predicted molar refractivity (Wildman–Crippen MR) is 73.7 cm³/mol. The highest BCUT2D eigenvalue weighted by Gasteiger charge is 2.36.